The first-order valence-corrected chi connectivity index (χ1v) is 7.40. The maximum Gasteiger partial charge on any atom is 0.240 e. The molecule has 4 atom stereocenters. The maximum atomic E-state index is 12.7. The van der Waals surface area contributed by atoms with Crippen LogP contribution in [0.15, 0.2) is 0 Å². The molecule has 0 radical (unpaired) electrons. The van der Waals surface area contributed by atoms with Gasteiger partial charge in [-0.05, 0) is 51.0 Å². The largest absolute Gasteiger partial charge is 0.393 e. The zero-order valence-electron chi connectivity index (χ0n) is 11.1. The molecule has 4 unspecified atom stereocenters. The van der Waals surface area contributed by atoms with Crippen LogP contribution < -0.4 is 5.32 Å². The van der Waals surface area contributed by atoms with E-state index in [9.17, 15) is 9.90 Å². The van der Waals surface area contributed by atoms with Crippen LogP contribution in [-0.2, 0) is 4.79 Å². The Bertz CT molecular complexity index is 320. The minimum Gasteiger partial charge on any atom is -0.393 e. The van der Waals surface area contributed by atoms with E-state index in [-0.39, 0.29) is 12.1 Å². The standard InChI is InChI=1S/C14H24N2O2/c1-9-3-2-6-15-13(9)14(18)16-10-4-5-11(16)8-12(17)7-10/h9-13,15,17H,2-8H2,1H3. The van der Waals surface area contributed by atoms with Crippen molar-refractivity contribution in [2.24, 2.45) is 5.92 Å². The van der Waals surface area contributed by atoms with Crippen LogP contribution in [0.3, 0.4) is 0 Å². The molecule has 18 heavy (non-hydrogen) atoms. The van der Waals surface area contributed by atoms with E-state index in [4.69, 9.17) is 0 Å². The van der Waals surface area contributed by atoms with Crippen molar-refractivity contribution in [3.05, 3.63) is 0 Å². The van der Waals surface area contributed by atoms with E-state index in [0.29, 0.717) is 23.9 Å². The van der Waals surface area contributed by atoms with Crippen LogP contribution in [0, 0.1) is 5.92 Å². The van der Waals surface area contributed by atoms with Crippen molar-refractivity contribution >= 4 is 5.91 Å². The minimum atomic E-state index is -0.191. The predicted octanol–water partition coefficient (Wildman–Crippen LogP) is 0.889. The molecule has 0 saturated carbocycles. The summed E-state index contributed by atoms with van der Waals surface area (Å²) in [5, 5.41) is 13.2. The van der Waals surface area contributed by atoms with Gasteiger partial charge in [-0.25, -0.2) is 0 Å². The number of hydrogen-bond donors (Lipinski definition) is 2. The van der Waals surface area contributed by atoms with Crippen LogP contribution in [-0.4, -0.2) is 46.7 Å². The molecule has 3 aliphatic rings. The lowest BCUT2D eigenvalue weighted by Crippen LogP contribution is -2.57. The minimum absolute atomic E-state index is 0.0112. The number of hydrogen-bond acceptors (Lipinski definition) is 3. The summed E-state index contributed by atoms with van der Waals surface area (Å²) in [5.74, 6) is 0.735. The van der Waals surface area contributed by atoms with Crippen LogP contribution in [0.2, 0.25) is 0 Å². The fourth-order valence-corrected chi connectivity index (χ4v) is 4.05. The van der Waals surface area contributed by atoms with Crippen molar-refractivity contribution in [2.45, 2.75) is 69.7 Å². The van der Waals surface area contributed by atoms with E-state index in [1.165, 1.54) is 6.42 Å². The second kappa shape index (κ2) is 4.82. The lowest BCUT2D eigenvalue weighted by atomic mass is 9.90. The average Bonchev–Trinajstić information content (AvgIpc) is 2.61. The van der Waals surface area contributed by atoms with Gasteiger partial charge in [0.05, 0.1) is 12.1 Å². The molecule has 3 heterocycles. The number of piperidine rings is 2. The van der Waals surface area contributed by atoms with Gasteiger partial charge >= 0.3 is 0 Å². The predicted molar refractivity (Wildman–Crippen MR) is 69.1 cm³/mol. The van der Waals surface area contributed by atoms with E-state index in [1.807, 2.05) is 0 Å². The highest BCUT2D eigenvalue weighted by Crippen LogP contribution is 2.37. The summed E-state index contributed by atoms with van der Waals surface area (Å²) in [6.07, 6.45) is 5.85. The molecule has 0 aliphatic carbocycles. The number of carbonyl (C=O) groups excluding carboxylic acids is 1. The van der Waals surface area contributed by atoms with Crippen LogP contribution in [0.4, 0.5) is 0 Å². The molecule has 0 aromatic carbocycles. The number of rotatable bonds is 1. The van der Waals surface area contributed by atoms with Crippen molar-refractivity contribution in [3.63, 3.8) is 0 Å². The summed E-state index contributed by atoms with van der Waals surface area (Å²) < 4.78 is 0. The van der Waals surface area contributed by atoms with E-state index in [2.05, 4.69) is 17.1 Å². The van der Waals surface area contributed by atoms with Crippen LogP contribution >= 0.6 is 0 Å². The summed E-state index contributed by atoms with van der Waals surface area (Å²) in [7, 11) is 0. The summed E-state index contributed by atoms with van der Waals surface area (Å²) in [6.45, 7) is 3.14. The highest BCUT2D eigenvalue weighted by molar-refractivity contribution is 5.83. The topological polar surface area (TPSA) is 52.6 Å². The van der Waals surface area contributed by atoms with Crippen molar-refractivity contribution in [1.29, 1.82) is 0 Å². The molecular formula is C14H24N2O2. The Morgan fingerprint density at radius 2 is 1.89 bits per heavy atom. The fraction of sp³-hybridized carbons (Fsp3) is 0.929. The van der Waals surface area contributed by atoms with Crippen LogP contribution in [0.1, 0.15) is 45.4 Å². The van der Waals surface area contributed by atoms with Crippen LogP contribution in [0.25, 0.3) is 0 Å². The fourth-order valence-electron chi connectivity index (χ4n) is 4.05. The smallest absolute Gasteiger partial charge is 0.240 e. The van der Waals surface area contributed by atoms with Crippen molar-refractivity contribution < 1.29 is 9.90 Å². The zero-order valence-corrected chi connectivity index (χ0v) is 11.1. The molecule has 3 rings (SSSR count). The summed E-state index contributed by atoms with van der Waals surface area (Å²) >= 11 is 0. The molecule has 0 aromatic heterocycles. The number of nitrogens with zero attached hydrogens (tertiary/aromatic N) is 1. The van der Waals surface area contributed by atoms with Crippen LogP contribution in [0.5, 0.6) is 0 Å². The highest BCUT2D eigenvalue weighted by Gasteiger charge is 2.45. The number of carbonyl (C=O) groups is 1. The Labute approximate surface area is 109 Å². The first-order valence-electron chi connectivity index (χ1n) is 7.40. The second-order valence-electron chi connectivity index (χ2n) is 6.31. The molecule has 3 aliphatic heterocycles. The van der Waals surface area contributed by atoms with E-state index in [1.54, 1.807) is 0 Å². The molecule has 4 heteroatoms. The van der Waals surface area contributed by atoms with Gasteiger partial charge in [-0.2, -0.15) is 0 Å². The first kappa shape index (κ1) is 12.4. The highest BCUT2D eigenvalue weighted by atomic mass is 16.3. The molecule has 1 amide bonds. The van der Waals surface area contributed by atoms with Gasteiger partial charge in [-0.1, -0.05) is 6.92 Å². The summed E-state index contributed by atoms with van der Waals surface area (Å²) in [6, 6.07) is 0.599. The normalized spacial score (nSPS) is 44.1. The lowest BCUT2D eigenvalue weighted by Gasteiger charge is -2.41. The molecule has 2 bridgehead atoms. The number of fused-ring (bicyclic) bond motifs is 2. The quantitative estimate of drug-likeness (QED) is 0.728. The van der Waals surface area contributed by atoms with E-state index < -0.39 is 0 Å². The third kappa shape index (κ3) is 2.05. The van der Waals surface area contributed by atoms with Crippen molar-refractivity contribution in [3.8, 4) is 0 Å². The summed E-state index contributed by atoms with van der Waals surface area (Å²) in [4.78, 5) is 14.8. The van der Waals surface area contributed by atoms with Gasteiger partial charge in [0.2, 0.25) is 5.91 Å². The van der Waals surface area contributed by atoms with Gasteiger partial charge in [0.1, 0.15) is 0 Å². The molecule has 3 fully saturated rings. The molecule has 3 saturated heterocycles. The van der Waals surface area contributed by atoms with Gasteiger partial charge in [0, 0.05) is 12.1 Å². The van der Waals surface area contributed by atoms with Crippen molar-refractivity contribution in [2.75, 3.05) is 6.54 Å². The van der Waals surface area contributed by atoms with Gasteiger partial charge in [-0.3, -0.25) is 4.79 Å². The monoisotopic (exact) mass is 252 g/mol. The number of aliphatic hydroxyl groups excluding tert-OH is 1. The van der Waals surface area contributed by atoms with Gasteiger partial charge in [-0.15, -0.1) is 0 Å². The second-order valence-corrected chi connectivity index (χ2v) is 6.31. The molecule has 0 aromatic rings. The molecule has 102 valence electrons. The van der Waals surface area contributed by atoms with Crippen molar-refractivity contribution in [1.82, 2.24) is 10.2 Å². The van der Waals surface area contributed by atoms with E-state index >= 15 is 0 Å². The third-order valence-electron chi connectivity index (χ3n) is 5.00. The number of nitrogens with one attached hydrogen (secondary N) is 1. The Kier molecular flexibility index (Phi) is 3.32. The summed E-state index contributed by atoms with van der Waals surface area (Å²) in [5.41, 5.74) is 0. The Morgan fingerprint density at radius 3 is 2.50 bits per heavy atom. The van der Waals surface area contributed by atoms with Gasteiger partial charge < -0.3 is 15.3 Å². The Morgan fingerprint density at radius 1 is 1.22 bits per heavy atom. The molecule has 2 N–H and O–H groups in total. The average molecular weight is 252 g/mol. The number of amides is 1. The maximum absolute atomic E-state index is 12.7. The number of aliphatic hydroxyl groups is 1. The van der Waals surface area contributed by atoms with Gasteiger partial charge in [0.15, 0.2) is 0 Å². The molecule has 0 spiro atoms. The molecule has 4 nitrogen and oxygen atoms in total. The third-order valence-corrected chi connectivity index (χ3v) is 5.00. The zero-order chi connectivity index (χ0) is 12.7. The first-order chi connectivity index (χ1) is 8.66. The van der Waals surface area contributed by atoms with E-state index in [0.717, 1.165) is 38.6 Å². The SMILES string of the molecule is CC1CCCNC1C(=O)N1C2CCC1CC(O)C2. The molecular weight excluding hydrogens is 228 g/mol. The lowest BCUT2D eigenvalue weighted by molar-refractivity contribution is -0.141. The van der Waals surface area contributed by atoms with Gasteiger partial charge in [0.25, 0.3) is 0 Å². The Hall–Kier alpha value is -0.610. The Balaban J connectivity index is 1.72.